The molecule has 1 heterocycles. The van der Waals surface area contributed by atoms with E-state index in [1.165, 1.54) is 4.90 Å². The van der Waals surface area contributed by atoms with E-state index in [1.54, 1.807) is 0 Å². The molecule has 0 spiro atoms. The van der Waals surface area contributed by atoms with Crippen molar-refractivity contribution in [1.82, 2.24) is 25.5 Å². The van der Waals surface area contributed by atoms with Gasteiger partial charge in [-0.2, -0.15) is 5.21 Å². The number of amides is 1. The molecule has 8 nitrogen and oxygen atoms in total. The zero-order valence-corrected chi connectivity index (χ0v) is 18.8. The highest BCUT2D eigenvalue weighted by atomic mass is 16.4. The van der Waals surface area contributed by atoms with Crippen molar-refractivity contribution in [3.05, 3.63) is 54.1 Å². The average Bonchev–Trinajstić information content (AvgIpc) is 3.27. The standard InChI is InChI=1S/C24H29N5O3/c1-15(2)13-21(30)29(22(16(3)4)24(31)32)14-17-9-11-18(12-10-17)19-7-5-6-8-20(19)23-25-27-28-26-23/h5-12,15-16,22H,13-14H2,1-4H3,(H,31,32)(H,25,26,27,28)/t22-/m0/s1. The zero-order valence-electron chi connectivity index (χ0n) is 18.8. The van der Waals surface area contributed by atoms with Crippen LogP contribution in [-0.2, 0) is 16.1 Å². The highest BCUT2D eigenvalue weighted by Crippen LogP contribution is 2.30. The third-order valence-electron chi connectivity index (χ3n) is 5.25. The highest BCUT2D eigenvalue weighted by Gasteiger charge is 2.32. The van der Waals surface area contributed by atoms with Crippen LogP contribution in [0.15, 0.2) is 48.5 Å². The first-order valence-electron chi connectivity index (χ1n) is 10.7. The molecule has 0 aliphatic carbocycles. The largest absolute Gasteiger partial charge is 0.480 e. The van der Waals surface area contributed by atoms with Gasteiger partial charge in [-0.15, -0.1) is 10.2 Å². The minimum absolute atomic E-state index is 0.146. The smallest absolute Gasteiger partial charge is 0.326 e. The van der Waals surface area contributed by atoms with Crippen molar-refractivity contribution < 1.29 is 14.7 Å². The second-order valence-corrected chi connectivity index (χ2v) is 8.62. The molecule has 0 aliphatic heterocycles. The fourth-order valence-electron chi connectivity index (χ4n) is 3.78. The first-order valence-corrected chi connectivity index (χ1v) is 10.7. The van der Waals surface area contributed by atoms with Crippen LogP contribution in [0.5, 0.6) is 0 Å². The summed E-state index contributed by atoms with van der Waals surface area (Å²) in [6.07, 6.45) is 0.312. The fourth-order valence-corrected chi connectivity index (χ4v) is 3.78. The molecule has 2 aromatic carbocycles. The van der Waals surface area contributed by atoms with Gasteiger partial charge in [0.25, 0.3) is 0 Å². The third-order valence-corrected chi connectivity index (χ3v) is 5.25. The lowest BCUT2D eigenvalue weighted by atomic mass is 9.97. The second-order valence-electron chi connectivity index (χ2n) is 8.62. The van der Waals surface area contributed by atoms with E-state index in [4.69, 9.17) is 0 Å². The van der Waals surface area contributed by atoms with Crippen LogP contribution in [0.25, 0.3) is 22.5 Å². The highest BCUT2D eigenvalue weighted by molar-refractivity contribution is 5.84. The summed E-state index contributed by atoms with van der Waals surface area (Å²) in [6, 6.07) is 14.7. The number of benzene rings is 2. The Morgan fingerprint density at radius 1 is 1.00 bits per heavy atom. The number of hydrogen-bond donors (Lipinski definition) is 2. The number of aromatic nitrogens is 4. The predicted octanol–water partition coefficient (Wildman–Crippen LogP) is 4.02. The van der Waals surface area contributed by atoms with Crippen molar-refractivity contribution in [1.29, 1.82) is 0 Å². The molecular formula is C24H29N5O3. The van der Waals surface area contributed by atoms with Crippen LogP contribution in [0.2, 0.25) is 0 Å². The van der Waals surface area contributed by atoms with Crippen LogP contribution < -0.4 is 0 Å². The lowest BCUT2D eigenvalue weighted by Crippen LogP contribution is -2.47. The average molecular weight is 436 g/mol. The van der Waals surface area contributed by atoms with Crippen LogP contribution in [0, 0.1) is 11.8 Å². The molecule has 0 saturated heterocycles. The maximum absolute atomic E-state index is 12.9. The summed E-state index contributed by atoms with van der Waals surface area (Å²) in [4.78, 5) is 26.3. The van der Waals surface area contributed by atoms with Gasteiger partial charge < -0.3 is 10.0 Å². The number of nitrogens with one attached hydrogen (secondary N) is 1. The number of hydrogen-bond acceptors (Lipinski definition) is 5. The Labute approximate surface area is 187 Å². The molecule has 32 heavy (non-hydrogen) atoms. The Morgan fingerprint density at radius 2 is 1.66 bits per heavy atom. The van der Waals surface area contributed by atoms with Gasteiger partial charge in [-0.05, 0) is 33.7 Å². The Bertz CT molecular complexity index is 1050. The van der Waals surface area contributed by atoms with Gasteiger partial charge in [0, 0.05) is 18.5 Å². The van der Waals surface area contributed by atoms with Crippen molar-refractivity contribution in [2.24, 2.45) is 11.8 Å². The van der Waals surface area contributed by atoms with E-state index in [-0.39, 0.29) is 24.3 Å². The molecule has 0 aliphatic rings. The van der Waals surface area contributed by atoms with E-state index in [9.17, 15) is 14.7 Å². The van der Waals surface area contributed by atoms with Crippen molar-refractivity contribution in [2.45, 2.75) is 46.7 Å². The molecule has 1 atom stereocenters. The summed E-state index contributed by atoms with van der Waals surface area (Å²) in [7, 11) is 0. The minimum atomic E-state index is -0.984. The monoisotopic (exact) mass is 435 g/mol. The van der Waals surface area contributed by atoms with Crippen molar-refractivity contribution in [3.63, 3.8) is 0 Å². The molecule has 1 aromatic heterocycles. The maximum atomic E-state index is 12.9. The van der Waals surface area contributed by atoms with Crippen molar-refractivity contribution >= 4 is 11.9 Å². The molecule has 3 rings (SSSR count). The molecule has 0 fully saturated rings. The normalized spacial score (nSPS) is 12.2. The second kappa shape index (κ2) is 10.2. The number of tetrazole rings is 1. The summed E-state index contributed by atoms with van der Waals surface area (Å²) >= 11 is 0. The van der Waals surface area contributed by atoms with Gasteiger partial charge >= 0.3 is 5.97 Å². The number of rotatable bonds is 9. The first kappa shape index (κ1) is 23.1. The summed E-state index contributed by atoms with van der Waals surface area (Å²) < 4.78 is 0. The van der Waals surface area contributed by atoms with Gasteiger partial charge in [-0.3, -0.25) is 4.79 Å². The molecule has 168 valence electrons. The summed E-state index contributed by atoms with van der Waals surface area (Å²) in [5, 5.41) is 24.0. The summed E-state index contributed by atoms with van der Waals surface area (Å²) in [5.74, 6) is -0.674. The van der Waals surface area contributed by atoms with Crippen LogP contribution in [0.4, 0.5) is 0 Å². The van der Waals surface area contributed by atoms with Gasteiger partial charge in [-0.25, -0.2) is 4.79 Å². The Morgan fingerprint density at radius 3 is 2.19 bits per heavy atom. The summed E-state index contributed by atoms with van der Waals surface area (Å²) in [5.41, 5.74) is 3.65. The summed E-state index contributed by atoms with van der Waals surface area (Å²) in [6.45, 7) is 7.81. The predicted molar refractivity (Wildman–Crippen MR) is 121 cm³/mol. The van der Waals surface area contributed by atoms with E-state index < -0.39 is 12.0 Å². The quantitative estimate of drug-likeness (QED) is 0.525. The Kier molecular flexibility index (Phi) is 7.35. The molecule has 1 amide bonds. The molecule has 0 saturated carbocycles. The fraction of sp³-hybridized carbons (Fsp3) is 0.375. The third kappa shape index (κ3) is 5.38. The number of carboxylic acids is 1. The number of carbonyl (C=O) groups excluding carboxylic acids is 1. The van der Waals surface area contributed by atoms with Gasteiger partial charge in [0.2, 0.25) is 11.7 Å². The van der Waals surface area contributed by atoms with Crippen molar-refractivity contribution in [2.75, 3.05) is 0 Å². The van der Waals surface area contributed by atoms with E-state index in [1.807, 2.05) is 76.2 Å². The van der Waals surface area contributed by atoms with Gasteiger partial charge in [0.15, 0.2) is 0 Å². The van der Waals surface area contributed by atoms with Crippen LogP contribution in [0.3, 0.4) is 0 Å². The number of carboxylic acid groups (broad SMARTS) is 1. The van der Waals surface area contributed by atoms with Gasteiger partial charge in [0.1, 0.15) is 6.04 Å². The van der Waals surface area contributed by atoms with Crippen molar-refractivity contribution in [3.8, 4) is 22.5 Å². The Balaban J connectivity index is 1.89. The van der Waals surface area contributed by atoms with Gasteiger partial charge in [0.05, 0.1) is 0 Å². The number of aliphatic carboxylic acids is 1. The van der Waals surface area contributed by atoms with E-state index in [2.05, 4.69) is 20.6 Å². The first-order chi connectivity index (χ1) is 15.3. The topological polar surface area (TPSA) is 112 Å². The van der Waals surface area contributed by atoms with E-state index >= 15 is 0 Å². The number of aromatic amines is 1. The zero-order chi connectivity index (χ0) is 23.3. The van der Waals surface area contributed by atoms with E-state index in [0.29, 0.717) is 12.2 Å². The lowest BCUT2D eigenvalue weighted by molar-refractivity contribution is -0.153. The molecule has 2 N–H and O–H groups in total. The Hall–Kier alpha value is -3.55. The van der Waals surface area contributed by atoms with Gasteiger partial charge in [-0.1, -0.05) is 76.2 Å². The minimum Gasteiger partial charge on any atom is -0.480 e. The molecule has 8 heteroatoms. The van der Waals surface area contributed by atoms with Crippen LogP contribution in [0.1, 0.15) is 39.7 Å². The lowest BCUT2D eigenvalue weighted by Gasteiger charge is -2.32. The molecular weight excluding hydrogens is 406 g/mol. The molecule has 0 unspecified atom stereocenters. The van der Waals surface area contributed by atoms with Crippen LogP contribution in [-0.4, -0.2) is 48.5 Å². The van der Waals surface area contributed by atoms with E-state index in [0.717, 1.165) is 22.3 Å². The SMILES string of the molecule is CC(C)CC(=O)N(Cc1ccc(-c2ccccc2-c2nn[nH]n2)cc1)[C@H](C(=O)O)C(C)C. The maximum Gasteiger partial charge on any atom is 0.326 e. The molecule has 0 bridgehead atoms. The number of carbonyl (C=O) groups is 2. The molecule has 3 aromatic rings. The number of H-pyrrole nitrogens is 1. The van der Waals surface area contributed by atoms with Crippen LogP contribution >= 0.6 is 0 Å². The molecule has 0 radical (unpaired) electrons. The number of nitrogens with zero attached hydrogens (tertiary/aromatic N) is 4.